The molecule has 0 spiro atoms. The summed E-state index contributed by atoms with van der Waals surface area (Å²) in [5, 5.41) is 24.9. The normalized spacial score (nSPS) is 13.2. The van der Waals surface area contributed by atoms with Crippen molar-refractivity contribution in [1.29, 1.82) is 0 Å². The van der Waals surface area contributed by atoms with Gasteiger partial charge >= 0.3 is 0 Å². The second kappa shape index (κ2) is 16.3. The molecule has 0 aromatic heterocycles. The molecule has 0 bridgehead atoms. The first kappa shape index (κ1) is 20.3. The van der Waals surface area contributed by atoms with Crippen molar-refractivity contribution in [1.82, 2.24) is 0 Å². The third-order valence-corrected chi connectivity index (χ3v) is 1.55. The van der Waals surface area contributed by atoms with Gasteiger partial charge < -0.3 is 15.3 Å². The second-order valence-electron chi connectivity index (χ2n) is 4.09. The van der Waals surface area contributed by atoms with Crippen LogP contribution in [0.1, 0.15) is 54.4 Å². The Kier molecular flexibility index (Phi) is 22.1. The van der Waals surface area contributed by atoms with Gasteiger partial charge in [0.1, 0.15) is 0 Å². The van der Waals surface area contributed by atoms with Gasteiger partial charge in [-0.25, -0.2) is 0 Å². The van der Waals surface area contributed by atoms with Crippen molar-refractivity contribution in [2.24, 2.45) is 5.92 Å². The van der Waals surface area contributed by atoms with Crippen LogP contribution in [-0.2, 0) is 0 Å². The van der Waals surface area contributed by atoms with Gasteiger partial charge in [-0.2, -0.15) is 0 Å². The van der Waals surface area contributed by atoms with Crippen molar-refractivity contribution in [3.63, 3.8) is 0 Å². The molecule has 3 N–H and O–H groups in total. The fourth-order valence-electron chi connectivity index (χ4n) is 0. The van der Waals surface area contributed by atoms with E-state index in [9.17, 15) is 0 Å². The average molecular weight is 222 g/mol. The molecule has 0 aliphatic rings. The maximum Gasteiger partial charge on any atom is 0.0509 e. The largest absolute Gasteiger partial charge is 0.396 e. The first-order valence-corrected chi connectivity index (χ1v) is 5.78. The van der Waals surface area contributed by atoms with E-state index in [0.717, 1.165) is 12.8 Å². The highest BCUT2D eigenvalue weighted by Gasteiger charge is 1.82. The minimum atomic E-state index is -0.116. The van der Waals surface area contributed by atoms with Crippen LogP contribution in [-0.4, -0.2) is 34.1 Å². The highest BCUT2D eigenvalue weighted by atomic mass is 16.3. The maximum absolute atomic E-state index is 8.36. The molecule has 96 valence electrons. The van der Waals surface area contributed by atoms with Crippen LogP contribution in [0.4, 0.5) is 0 Å². The van der Waals surface area contributed by atoms with E-state index in [-0.39, 0.29) is 12.2 Å². The first-order chi connectivity index (χ1) is 6.81. The van der Waals surface area contributed by atoms with E-state index in [2.05, 4.69) is 0 Å². The summed E-state index contributed by atoms with van der Waals surface area (Å²) in [6, 6.07) is 0. The lowest BCUT2D eigenvalue weighted by Crippen LogP contribution is -1.93. The number of aliphatic hydroxyl groups excluding tert-OH is 3. The van der Waals surface area contributed by atoms with Gasteiger partial charge in [0.2, 0.25) is 0 Å². The minimum Gasteiger partial charge on any atom is -0.396 e. The summed E-state index contributed by atoms with van der Waals surface area (Å²) in [5.41, 5.74) is 0. The fourth-order valence-corrected chi connectivity index (χ4v) is 0. The molecule has 0 aromatic carbocycles. The molecule has 0 aliphatic carbocycles. The van der Waals surface area contributed by atoms with Crippen molar-refractivity contribution in [3.8, 4) is 0 Å². The molecule has 0 radical (unpaired) electrons. The summed E-state index contributed by atoms with van der Waals surface area (Å²) in [4.78, 5) is 0. The molecule has 2 unspecified atom stereocenters. The van der Waals surface area contributed by atoms with Gasteiger partial charge in [-0.3, -0.25) is 0 Å². The Labute approximate surface area is 95.1 Å². The molecular formula is C12H30O3. The zero-order valence-corrected chi connectivity index (χ0v) is 11.2. The second-order valence-corrected chi connectivity index (χ2v) is 4.09. The monoisotopic (exact) mass is 222 g/mol. The minimum absolute atomic E-state index is 0.116. The van der Waals surface area contributed by atoms with Crippen LogP contribution in [0.2, 0.25) is 0 Å². The molecule has 0 aliphatic heterocycles. The van der Waals surface area contributed by atoms with Gasteiger partial charge in [0.15, 0.2) is 0 Å². The predicted molar refractivity (Wildman–Crippen MR) is 65.9 cm³/mol. The molecule has 0 rings (SSSR count). The average Bonchev–Trinajstić information content (AvgIpc) is 2.19. The quantitative estimate of drug-likeness (QED) is 0.686. The van der Waals surface area contributed by atoms with Crippen LogP contribution in [0.15, 0.2) is 0 Å². The summed E-state index contributed by atoms with van der Waals surface area (Å²) in [6.07, 6.45) is 1.49. The highest BCUT2D eigenvalue weighted by molar-refractivity contribution is 4.34. The Hall–Kier alpha value is -0.120. The lowest BCUT2D eigenvalue weighted by Gasteiger charge is -1.90. The van der Waals surface area contributed by atoms with Gasteiger partial charge in [-0.05, 0) is 32.6 Å². The smallest absolute Gasteiger partial charge is 0.0509 e. The van der Waals surface area contributed by atoms with E-state index in [4.69, 9.17) is 15.3 Å². The Morgan fingerprint density at radius 1 is 0.800 bits per heavy atom. The van der Waals surface area contributed by atoms with Crippen LogP contribution in [0.3, 0.4) is 0 Å². The molecule has 0 saturated carbocycles. The van der Waals surface area contributed by atoms with Gasteiger partial charge in [0.25, 0.3) is 0 Å². The van der Waals surface area contributed by atoms with E-state index < -0.39 is 0 Å². The lowest BCUT2D eigenvalue weighted by atomic mass is 10.2. The molecular weight excluding hydrogens is 192 g/mol. The van der Waals surface area contributed by atoms with Crippen molar-refractivity contribution in [2.75, 3.05) is 6.61 Å². The van der Waals surface area contributed by atoms with E-state index >= 15 is 0 Å². The number of aliphatic hydroxyl groups is 3. The Morgan fingerprint density at radius 3 is 0.933 bits per heavy atom. The van der Waals surface area contributed by atoms with Gasteiger partial charge in [-0.15, -0.1) is 0 Å². The van der Waals surface area contributed by atoms with E-state index in [0.29, 0.717) is 12.5 Å². The summed E-state index contributed by atoms with van der Waals surface area (Å²) >= 11 is 0. The first-order valence-electron chi connectivity index (χ1n) is 5.78. The van der Waals surface area contributed by atoms with E-state index in [1.54, 1.807) is 13.8 Å². The molecule has 3 nitrogen and oxygen atoms in total. The summed E-state index contributed by atoms with van der Waals surface area (Å²) in [7, 11) is 0. The predicted octanol–water partition coefficient (Wildman–Crippen LogP) is 2.19. The highest BCUT2D eigenvalue weighted by Crippen LogP contribution is 1.83. The Bertz CT molecular complexity index is 71.8. The Morgan fingerprint density at radius 2 is 0.933 bits per heavy atom. The van der Waals surface area contributed by atoms with Crippen molar-refractivity contribution >= 4 is 0 Å². The lowest BCUT2D eigenvalue weighted by molar-refractivity contribution is 0.190. The topological polar surface area (TPSA) is 60.7 Å². The third-order valence-electron chi connectivity index (χ3n) is 1.55. The Balaban J connectivity index is -0.000000144. The van der Waals surface area contributed by atoms with Crippen molar-refractivity contribution in [3.05, 3.63) is 0 Å². The molecule has 2 atom stereocenters. The van der Waals surface area contributed by atoms with Crippen LogP contribution in [0.5, 0.6) is 0 Å². The zero-order chi connectivity index (χ0) is 12.9. The molecule has 0 fully saturated rings. The van der Waals surface area contributed by atoms with E-state index in [1.807, 2.05) is 27.7 Å². The van der Waals surface area contributed by atoms with Crippen LogP contribution < -0.4 is 0 Å². The zero-order valence-electron chi connectivity index (χ0n) is 11.2. The van der Waals surface area contributed by atoms with Crippen LogP contribution >= 0.6 is 0 Å². The third kappa shape index (κ3) is 56.7. The van der Waals surface area contributed by atoms with E-state index in [1.165, 1.54) is 0 Å². The summed E-state index contributed by atoms with van der Waals surface area (Å²) in [6.45, 7) is 11.7. The van der Waals surface area contributed by atoms with Gasteiger partial charge in [-0.1, -0.05) is 27.7 Å². The van der Waals surface area contributed by atoms with Crippen LogP contribution in [0.25, 0.3) is 0 Å². The molecule has 3 heteroatoms. The summed E-state index contributed by atoms with van der Waals surface area (Å²) < 4.78 is 0. The maximum atomic E-state index is 8.36. The molecule has 0 heterocycles. The van der Waals surface area contributed by atoms with Crippen molar-refractivity contribution < 1.29 is 15.3 Å². The van der Waals surface area contributed by atoms with Crippen LogP contribution in [0, 0.1) is 5.92 Å². The number of rotatable bonds is 3. The SMILES string of the molecule is CC(C)CO.CCC(C)O.CCC(C)O. The van der Waals surface area contributed by atoms with Gasteiger partial charge in [0, 0.05) is 6.61 Å². The standard InChI is InChI=1S/3C4H10O/c1-4(2)3-5;2*1-3-4(2)5/h3*4-5H,3H2,1-2H3. The van der Waals surface area contributed by atoms with Crippen molar-refractivity contribution in [2.45, 2.75) is 66.6 Å². The molecule has 0 amide bonds. The molecule has 0 saturated heterocycles. The van der Waals surface area contributed by atoms with Gasteiger partial charge in [0.05, 0.1) is 12.2 Å². The molecule has 15 heavy (non-hydrogen) atoms. The number of hydrogen-bond acceptors (Lipinski definition) is 3. The summed E-state index contributed by atoms with van der Waals surface area (Å²) in [5.74, 6) is 0.440. The fraction of sp³-hybridized carbons (Fsp3) is 1.00. The molecule has 0 aromatic rings. The number of hydrogen-bond donors (Lipinski definition) is 3.